The number of nitrogens with one attached hydrogen (secondary N) is 1. The van der Waals surface area contributed by atoms with Crippen LogP contribution in [-0.4, -0.2) is 22.1 Å². The topological polar surface area (TPSA) is 94.3 Å². The van der Waals surface area contributed by atoms with E-state index in [1.54, 1.807) is 31.2 Å². The fourth-order valence-electron chi connectivity index (χ4n) is 2.56. The van der Waals surface area contributed by atoms with Crippen molar-refractivity contribution in [3.05, 3.63) is 71.1 Å². The Morgan fingerprint density at radius 2 is 1.89 bits per heavy atom. The molecule has 0 spiro atoms. The summed E-state index contributed by atoms with van der Waals surface area (Å²) in [5.74, 6) is 0.00633. The van der Waals surface area contributed by atoms with Gasteiger partial charge in [-0.1, -0.05) is 29.8 Å². The highest BCUT2D eigenvalue weighted by molar-refractivity contribution is 5.89. The Hall–Kier alpha value is -3.48. The third-order valence-electron chi connectivity index (χ3n) is 4.07. The van der Waals surface area contributed by atoms with Gasteiger partial charge in [0.05, 0.1) is 5.56 Å². The van der Waals surface area contributed by atoms with E-state index in [0.29, 0.717) is 18.0 Å². The van der Waals surface area contributed by atoms with Gasteiger partial charge >= 0.3 is 5.97 Å². The minimum absolute atomic E-state index is 0.109. The van der Waals surface area contributed by atoms with Crippen LogP contribution in [0, 0.1) is 6.92 Å². The third kappa shape index (κ3) is 4.82. The molecular weight excluding hydrogens is 358 g/mol. The average molecular weight is 379 g/mol. The van der Waals surface area contributed by atoms with Crippen LogP contribution in [-0.2, 0) is 16.1 Å². The van der Waals surface area contributed by atoms with E-state index >= 15 is 0 Å². The minimum atomic E-state index is -0.683. The van der Waals surface area contributed by atoms with E-state index in [4.69, 9.17) is 9.15 Å². The summed E-state index contributed by atoms with van der Waals surface area (Å²) >= 11 is 0. The molecule has 1 heterocycles. The molecule has 0 aliphatic carbocycles. The molecule has 0 aliphatic rings. The summed E-state index contributed by atoms with van der Waals surface area (Å²) in [6.07, 6.45) is -0.683. The smallest absolute Gasteiger partial charge is 0.338 e. The lowest BCUT2D eigenvalue weighted by Gasteiger charge is -2.10. The molecule has 2 aromatic carbocycles. The van der Waals surface area contributed by atoms with Crippen molar-refractivity contribution in [1.82, 2.24) is 15.5 Å². The second kappa shape index (κ2) is 8.47. The zero-order valence-electron chi connectivity index (χ0n) is 15.9. The van der Waals surface area contributed by atoms with Crippen LogP contribution in [0.25, 0.3) is 11.5 Å². The summed E-state index contributed by atoms with van der Waals surface area (Å²) in [6.45, 7) is 5.52. The highest BCUT2D eigenvalue weighted by Crippen LogP contribution is 2.23. The van der Waals surface area contributed by atoms with E-state index in [-0.39, 0.29) is 11.8 Å². The Kier molecular flexibility index (Phi) is 5.84. The third-order valence-corrected chi connectivity index (χ3v) is 4.07. The molecule has 1 aromatic heterocycles. The number of benzene rings is 2. The van der Waals surface area contributed by atoms with Crippen LogP contribution in [0.3, 0.4) is 0 Å². The van der Waals surface area contributed by atoms with Gasteiger partial charge in [-0.15, -0.1) is 10.2 Å². The Labute approximate surface area is 162 Å². The molecule has 0 fully saturated rings. The molecule has 0 saturated heterocycles. The van der Waals surface area contributed by atoms with Crippen LogP contribution in [0.15, 0.2) is 52.9 Å². The van der Waals surface area contributed by atoms with Gasteiger partial charge in [0.2, 0.25) is 11.8 Å². The largest absolute Gasteiger partial charge is 0.449 e. The van der Waals surface area contributed by atoms with Crippen LogP contribution < -0.4 is 5.32 Å². The lowest BCUT2D eigenvalue weighted by atomic mass is 10.1. The van der Waals surface area contributed by atoms with E-state index in [1.165, 1.54) is 6.92 Å². The number of hydrogen-bond acceptors (Lipinski definition) is 6. The Morgan fingerprint density at radius 3 is 2.57 bits per heavy atom. The van der Waals surface area contributed by atoms with Crippen molar-refractivity contribution in [2.24, 2.45) is 0 Å². The number of aryl methyl sites for hydroxylation is 1. The van der Waals surface area contributed by atoms with Crippen molar-refractivity contribution in [2.45, 2.75) is 33.4 Å². The average Bonchev–Trinajstić information content (AvgIpc) is 3.17. The molecule has 0 saturated carbocycles. The van der Waals surface area contributed by atoms with Gasteiger partial charge in [0.1, 0.15) is 0 Å². The maximum Gasteiger partial charge on any atom is 0.338 e. The number of rotatable bonds is 6. The Morgan fingerprint density at radius 1 is 1.14 bits per heavy atom. The maximum atomic E-state index is 12.3. The first-order valence-corrected chi connectivity index (χ1v) is 8.87. The van der Waals surface area contributed by atoms with Gasteiger partial charge in [0.15, 0.2) is 6.10 Å². The number of amides is 1. The van der Waals surface area contributed by atoms with Crippen LogP contribution in [0.1, 0.15) is 47.3 Å². The summed E-state index contributed by atoms with van der Waals surface area (Å²) in [4.78, 5) is 23.3. The number of aromatic nitrogens is 2. The zero-order chi connectivity index (χ0) is 20.1. The van der Waals surface area contributed by atoms with E-state index < -0.39 is 12.1 Å². The molecule has 144 valence electrons. The summed E-state index contributed by atoms with van der Waals surface area (Å²) in [6, 6.07) is 14.5. The number of nitrogens with zero attached hydrogens (tertiary/aromatic N) is 2. The van der Waals surface area contributed by atoms with Gasteiger partial charge in [-0.2, -0.15) is 0 Å². The Bertz CT molecular complexity index is 979. The van der Waals surface area contributed by atoms with Crippen LogP contribution in [0.4, 0.5) is 0 Å². The van der Waals surface area contributed by atoms with E-state index in [9.17, 15) is 9.59 Å². The molecule has 28 heavy (non-hydrogen) atoms. The highest BCUT2D eigenvalue weighted by atomic mass is 16.6. The second-order valence-electron chi connectivity index (χ2n) is 6.47. The van der Waals surface area contributed by atoms with Crippen LogP contribution in [0.5, 0.6) is 0 Å². The molecule has 3 aromatic rings. The predicted octanol–water partition coefficient (Wildman–Crippen LogP) is 3.60. The molecule has 7 nitrogen and oxygen atoms in total. The maximum absolute atomic E-state index is 12.3. The first-order valence-electron chi connectivity index (χ1n) is 8.87. The summed E-state index contributed by atoms with van der Waals surface area (Å²) < 4.78 is 11.1. The van der Waals surface area contributed by atoms with E-state index in [2.05, 4.69) is 15.5 Å². The molecule has 1 atom stereocenters. The second-order valence-corrected chi connectivity index (χ2v) is 6.47. The highest BCUT2D eigenvalue weighted by Gasteiger charge is 2.20. The molecule has 0 aliphatic heterocycles. The van der Waals surface area contributed by atoms with Crippen molar-refractivity contribution < 1.29 is 18.7 Å². The zero-order valence-corrected chi connectivity index (χ0v) is 15.9. The lowest BCUT2D eigenvalue weighted by Crippen LogP contribution is -2.18. The number of hydrogen-bond donors (Lipinski definition) is 1. The molecule has 1 unspecified atom stereocenters. The summed E-state index contributed by atoms with van der Waals surface area (Å²) in [5.41, 5.74) is 3.18. The van der Waals surface area contributed by atoms with Gasteiger partial charge in [0.25, 0.3) is 5.89 Å². The monoisotopic (exact) mass is 379 g/mol. The molecule has 3 rings (SSSR count). The van der Waals surface area contributed by atoms with Gasteiger partial charge in [-0.3, -0.25) is 4.79 Å². The predicted molar refractivity (Wildman–Crippen MR) is 102 cm³/mol. The fourth-order valence-corrected chi connectivity index (χ4v) is 2.56. The number of esters is 1. The van der Waals surface area contributed by atoms with Gasteiger partial charge in [-0.25, -0.2) is 4.79 Å². The van der Waals surface area contributed by atoms with Gasteiger partial charge in [-0.05, 0) is 43.7 Å². The van der Waals surface area contributed by atoms with Crippen molar-refractivity contribution in [3.63, 3.8) is 0 Å². The molecule has 1 amide bonds. The number of carbonyl (C=O) groups excluding carboxylic acids is 2. The molecule has 7 heteroatoms. The van der Waals surface area contributed by atoms with Gasteiger partial charge < -0.3 is 14.5 Å². The Balaban J connectivity index is 1.63. The van der Waals surface area contributed by atoms with Gasteiger partial charge in [0, 0.05) is 19.0 Å². The van der Waals surface area contributed by atoms with E-state index in [1.807, 2.05) is 31.2 Å². The standard InChI is InChI=1S/C21H21N3O4/c1-13-5-4-6-18(11-13)20-24-23-19(28-20)14(2)27-21(26)17-9-7-16(8-10-17)12-22-15(3)25/h4-11,14H,12H2,1-3H3,(H,22,25). The first-order chi connectivity index (χ1) is 13.4. The van der Waals surface area contributed by atoms with Crippen molar-refractivity contribution in [3.8, 4) is 11.5 Å². The molecule has 1 N–H and O–H groups in total. The summed E-state index contributed by atoms with van der Waals surface area (Å²) in [5, 5.41) is 10.7. The van der Waals surface area contributed by atoms with E-state index in [0.717, 1.165) is 16.7 Å². The fraction of sp³-hybridized carbons (Fsp3) is 0.238. The number of ether oxygens (including phenoxy) is 1. The molecule has 0 radical (unpaired) electrons. The van der Waals surface area contributed by atoms with Crippen molar-refractivity contribution in [1.29, 1.82) is 0 Å². The SMILES string of the molecule is CC(=O)NCc1ccc(C(=O)OC(C)c2nnc(-c3cccc(C)c3)o2)cc1. The van der Waals surface area contributed by atoms with Crippen LogP contribution >= 0.6 is 0 Å². The normalized spacial score (nSPS) is 11.7. The molecular formula is C21H21N3O4. The van der Waals surface area contributed by atoms with Crippen LogP contribution in [0.2, 0.25) is 0 Å². The number of carbonyl (C=O) groups is 2. The summed E-state index contributed by atoms with van der Waals surface area (Å²) in [7, 11) is 0. The first kappa shape index (κ1) is 19.3. The quantitative estimate of drug-likeness (QED) is 0.658. The van der Waals surface area contributed by atoms with Crippen molar-refractivity contribution >= 4 is 11.9 Å². The lowest BCUT2D eigenvalue weighted by molar-refractivity contribution is -0.119. The minimum Gasteiger partial charge on any atom is -0.449 e. The molecule has 0 bridgehead atoms. The van der Waals surface area contributed by atoms with Crippen molar-refractivity contribution in [2.75, 3.05) is 0 Å².